The Bertz CT molecular complexity index is 377. The van der Waals surface area contributed by atoms with Gasteiger partial charge in [-0.05, 0) is 18.2 Å². The van der Waals surface area contributed by atoms with Gasteiger partial charge >= 0.3 is 0 Å². The number of carbonyl (C=O) groups excluding carboxylic acids is 1. The molecule has 1 heterocycles. The minimum absolute atomic E-state index is 0.0423. The van der Waals surface area contributed by atoms with Gasteiger partial charge in [0.2, 0.25) is 5.91 Å². The van der Waals surface area contributed by atoms with Crippen LogP contribution in [-0.4, -0.2) is 11.3 Å². The van der Waals surface area contributed by atoms with Gasteiger partial charge in [-0.3, -0.25) is 4.79 Å². The highest BCUT2D eigenvalue weighted by atomic mass is 35.5. The highest BCUT2D eigenvalue weighted by molar-refractivity contribution is 8.00. The van der Waals surface area contributed by atoms with Crippen molar-refractivity contribution in [1.29, 1.82) is 0 Å². The van der Waals surface area contributed by atoms with E-state index in [1.807, 2.05) is 0 Å². The second kappa shape index (κ2) is 3.79. The normalized spacial score (nSPS) is 20.1. The van der Waals surface area contributed by atoms with Crippen molar-refractivity contribution in [2.45, 2.75) is 16.7 Å². The Morgan fingerprint density at radius 1 is 1.57 bits per heavy atom. The fraction of sp³-hybridized carbons (Fsp3) is 0.222. The average molecular weight is 232 g/mol. The maximum atomic E-state index is 12.7. The first kappa shape index (κ1) is 9.80. The van der Waals surface area contributed by atoms with Gasteiger partial charge in [-0.1, -0.05) is 23.4 Å². The molecule has 5 heteroatoms. The molecule has 0 spiro atoms. The van der Waals surface area contributed by atoms with Crippen LogP contribution in [0.25, 0.3) is 0 Å². The zero-order valence-electron chi connectivity index (χ0n) is 7.09. The molecule has 1 aromatic rings. The number of hydrogen-bond acceptors (Lipinski definition) is 2. The molecule has 1 N–H and O–H groups in total. The molecule has 1 aromatic carbocycles. The molecular weight excluding hydrogens is 225 g/mol. The van der Waals surface area contributed by atoms with E-state index in [-0.39, 0.29) is 17.1 Å². The van der Waals surface area contributed by atoms with Gasteiger partial charge in [0.15, 0.2) is 0 Å². The molecule has 0 aliphatic carbocycles. The SMILES string of the molecule is O=C1CC(Sc2ccc(F)cc2Cl)N1. The van der Waals surface area contributed by atoms with Crippen LogP contribution in [0.3, 0.4) is 0 Å². The predicted octanol–water partition coefficient (Wildman–Crippen LogP) is 2.42. The second-order valence-corrected chi connectivity index (χ2v) is 4.60. The van der Waals surface area contributed by atoms with Crippen LogP contribution in [0, 0.1) is 5.82 Å². The molecule has 1 aliphatic heterocycles. The second-order valence-electron chi connectivity index (χ2n) is 2.95. The van der Waals surface area contributed by atoms with Crippen LogP contribution in [0.4, 0.5) is 4.39 Å². The molecule has 74 valence electrons. The summed E-state index contributed by atoms with van der Waals surface area (Å²) in [6.07, 6.45) is 0.498. The van der Waals surface area contributed by atoms with Crippen LogP contribution >= 0.6 is 23.4 Å². The van der Waals surface area contributed by atoms with E-state index < -0.39 is 0 Å². The Kier molecular flexibility index (Phi) is 2.65. The quantitative estimate of drug-likeness (QED) is 0.792. The number of carbonyl (C=O) groups is 1. The van der Waals surface area contributed by atoms with Crippen LogP contribution in [-0.2, 0) is 4.79 Å². The van der Waals surface area contributed by atoms with Gasteiger partial charge in [0, 0.05) is 4.90 Å². The van der Waals surface area contributed by atoms with E-state index in [0.29, 0.717) is 11.4 Å². The van der Waals surface area contributed by atoms with Gasteiger partial charge < -0.3 is 5.32 Å². The van der Waals surface area contributed by atoms with Crippen LogP contribution in [0.2, 0.25) is 5.02 Å². The summed E-state index contributed by atoms with van der Waals surface area (Å²) >= 11 is 7.26. The van der Waals surface area contributed by atoms with E-state index in [4.69, 9.17) is 11.6 Å². The Balaban J connectivity index is 2.06. The molecule has 0 aromatic heterocycles. The molecule has 1 atom stereocenters. The van der Waals surface area contributed by atoms with Crippen molar-refractivity contribution in [3.05, 3.63) is 29.0 Å². The summed E-state index contributed by atoms with van der Waals surface area (Å²) in [5.74, 6) is -0.308. The van der Waals surface area contributed by atoms with E-state index in [2.05, 4.69) is 5.32 Å². The highest BCUT2D eigenvalue weighted by Crippen LogP contribution is 2.33. The minimum atomic E-state index is -0.350. The smallest absolute Gasteiger partial charge is 0.223 e. The third-order valence-electron chi connectivity index (χ3n) is 1.86. The molecule has 0 bridgehead atoms. The first-order chi connectivity index (χ1) is 6.65. The summed E-state index contributed by atoms with van der Waals surface area (Å²) in [5, 5.41) is 3.16. The number of benzene rings is 1. The van der Waals surface area contributed by atoms with Gasteiger partial charge in [0.25, 0.3) is 0 Å². The zero-order chi connectivity index (χ0) is 10.1. The maximum absolute atomic E-state index is 12.7. The summed E-state index contributed by atoms with van der Waals surface area (Å²) in [6.45, 7) is 0. The number of β-lactam (4-membered cyclic amide) rings is 1. The molecule has 0 saturated carbocycles. The van der Waals surface area contributed by atoms with Crippen molar-refractivity contribution < 1.29 is 9.18 Å². The highest BCUT2D eigenvalue weighted by Gasteiger charge is 2.26. The number of hydrogen-bond donors (Lipinski definition) is 1. The fourth-order valence-corrected chi connectivity index (χ4v) is 2.47. The standard InChI is InChI=1S/C9H7ClFNOS/c10-6-3-5(11)1-2-7(6)14-9-4-8(13)12-9/h1-3,9H,4H2,(H,12,13). The van der Waals surface area contributed by atoms with Crippen LogP contribution in [0.5, 0.6) is 0 Å². The number of amides is 1. The maximum Gasteiger partial charge on any atom is 0.223 e. The first-order valence-electron chi connectivity index (χ1n) is 4.06. The largest absolute Gasteiger partial charge is 0.343 e. The Morgan fingerprint density at radius 2 is 2.29 bits per heavy atom. The monoisotopic (exact) mass is 231 g/mol. The minimum Gasteiger partial charge on any atom is -0.343 e. The molecule has 2 nitrogen and oxygen atoms in total. The van der Waals surface area contributed by atoms with Gasteiger partial charge in [0.05, 0.1) is 16.8 Å². The number of rotatable bonds is 2. The summed E-state index contributed by atoms with van der Waals surface area (Å²) in [7, 11) is 0. The molecular formula is C9H7ClFNOS. The molecule has 0 radical (unpaired) electrons. The van der Waals surface area contributed by atoms with Crippen molar-refractivity contribution in [3.8, 4) is 0 Å². The Labute approximate surface area is 89.8 Å². The summed E-state index contributed by atoms with van der Waals surface area (Å²) in [5.41, 5.74) is 0. The van der Waals surface area contributed by atoms with E-state index in [9.17, 15) is 9.18 Å². The topological polar surface area (TPSA) is 29.1 Å². The molecule has 1 saturated heterocycles. The van der Waals surface area contributed by atoms with Crippen molar-refractivity contribution in [1.82, 2.24) is 5.32 Å². The van der Waals surface area contributed by atoms with Crippen LogP contribution in [0.1, 0.15) is 6.42 Å². The van der Waals surface area contributed by atoms with E-state index in [0.717, 1.165) is 4.90 Å². The van der Waals surface area contributed by atoms with Crippen molar-refractivity contribution in [2.24, 2.45) is 0 Å². The molecule has 1 amide bonds. The molecule has 14 heavy (non-hydrogen) atoms. The average Bonchev–Trinajstić information content (AvgIpc) is 2.06. The summed E-state index contributed by atoms with van der Waals surface area (Å²) in [6, 6.07) is 4.24. The third-order valence-corrected chi connectivity index (χ3v) is 3.46. The number of thioether (sulfide) groups is 1. The number of nitrogens with one attached hydrogen (secondary N) is 1. The first-order valence-corrected chi connectivity index (χ1v) is 5.32. The van der Waals surface area contributed by atoms with E-state index in [1.165, 1.54) is 23.9 Å². The third kappa shape index (κ3) is 2.01. The summed E-state index contributed by atoms with van der Waals surface area (Å²) < 4.78 is 12.7. The van der Waals surface area contributed by atoms with Gasteiger partial charge in [-0.2, -0.15) is 0 Å². The van der Waals surface area contributed by atoms with E-state index in [1.54, 1.807) is 6.07 Å². The van der Waals surface area contributed by atoms with Crippen LogP contribution < -0.4 is 5.32 Å². The lowest BCUT2D eigenvalue weighted by molar-refractivity contribution is -0.126. The summed E-state index contributed by atoms with van der Waals surface area (Å²) in [4.78, 5) is 11.4. The van der Waals surface area contributed by atoms with Crippen molar-refractivity contribution in [3.63, 3.8) is 0 Å². The predicted molar refractivity (Wildman–Crippen MR) is 53.8 cm³/mol. The molecule has 1 fully saturated rings. The Hall–Kier alpha value is -0.740. The lowest BCUT2D eigenvalue weighted by atomic mass is 10.3. The molecule has 2 rings (SSSR count). The van der Waals surface area contributed by atoms with Gasteiger partial charge in [-0.25, -0.2) is 4.39 Å². The lowest BCUT2D eigenvalue weighted by Crippen LogP contribution is -2.46. The van der Waals surface area contributed by atoms with Gasteiger partial charge in [0.1, 0.15) is 5.82 Å². The molecule has 1 aliphatic rings. The van der Waals surface area contributed by atoms with Crippen molar-refractivity contribution in [2.75, 3.05) is 0 Å². The van der Waals surface area contributed by atoms with Crippen LogP contribution in [0.15, 0.2) is 23.1 Å². The van der Waals surface area contributed by atoms with E-state index >= 15 is 0 Å². The molecule has 1 unspecified atom stereocenters. The number of halogens is 2. The zero-order valence-corrected chi connectivity index (χ0v) is 8.66. The fourth-order valence-electron chi connectivity index (χ4n) is 1.12. The van der Waals surface area contributed by atoms with Crippen molar-refractivity contribution >= 4 is 29.3 Å². The van der Waals surface area contributed by atoms with Gasteiger partial charge in [-0.15, -0.1) is 0 Å². The Morgan fingerprint density at radius 3 is 2.86 bits per heavy atom. The lowest BCUT2D eigenvalue weighted by Gasteiger charge is -2.26.